The zero-order chi connectivity index (χ0) is 7.28. The van der Waals surface area contributed by atoms with Crippen LogP contribution in [0.2, 0.25) is 0 Å². The van der Waals surface area contributed by atoms with E-state index in [2.05, 4.69) is 6.92 Å². The zero-order valence-electron chi connectivity index (χ0n) is 6.09. The molecule has 0 aromatic heterocycles. The van der Waals surface area contributed by atoms with Gasteiger partial charge in [0.1, 0.15) is 5.25 Å². The van der Waals surface area contributed by atoms with Crippen LogP contribution in [0.25, 0.3) is 0 Å². The van der Waals surface area contributed by atoms with E-state index in [4.69, 9.17) is 5.14 Å². The Morgan fingerprint density at radius 1 is 1.67 bits per heavy atom. The first-order chi connectivity index (χ1) is 4.18. The molecule has 0 heterocycles. The highest BCUT2D eigenvalue weighted by molar-refractivity contribution is 7.89. The molecule has 3 heteroatoms. The van der Waals surface area contributed by atoms with Crippen LogP contribution in [0, 0.1) is 0 Å². The molecule has 2 unspecified atom stereocenters. The fourth-order valence-electron chi connectivity index (χ4n) is 0.608. The van der Waals surface area contributed by atoms with Gasteiger partial charge < -0.3 is 4.55 Å². The predicted octanol–water partition coefficient (Wildman–Crippen LogP) is 1.19. The Kier molecular flexibility index (Phi) is 5.24. The third kappa shape index (κ3) is 4.75. The minimum absolute atomic E-state index is 0.171. The van der Waals surface area contributed by atoms with E-state index in [1.165, 1.54) is 0 Å². The molecule has 0 rings (SSSR count). The second-order valence-corrected chi connectivity index (χ2v) is 3.74. The summed E-state index contributed by atoms with van der Waals surface area (Å²) in [6, 6.07) is 0. The van der Waals surface area contributed by atoms with Gasteiger partial charge in [0.25, 0.3) is 0 Å². The molecule has 2 nitrogen and oxygen atoms in total. The van der Waals surface area contributed by atoms with Gasteiger partial charge in [-0.05, 0) is 19.8 Å². The van der Waals surface area contributed by atoms with Crippen LogP contribution in [0.1, 0.15) is 33.1 Å². The fraction of sp³-hybridized carbons (Fsp3) is 1.00. The lowest BCUT2D eigenvalue weighted by atomic mass is 10.2. The first-order valence-electron chi connectivity index (χ1n) is 3.33. The third-order valence-electron chi connectivity index (χ3n) is 1.36. The van der Waals surface area contributed by atoms with Gasteiger partial charge in [-0.1, -0.05) is 13.3 Å². The molecule has 0 aliphatic rings. The van der Waals surface area contributed by atoms with E-state index in [-0.39, 0.29) is 5.25 Å². The standard InChI is InChI=1S/C6H15NOS/c1-3-4-5-6(2)9(7)8/h6H,3-5,7H2,1-2H3. The molecule has 2 N–H and O–H groups in total. The zero-order valence-corrected chi connectivity index (χ0v) is 6.91. The van der Waals surface area contributed by atoms with Crippen molar-refractivity contribution in [2.75, 3.05) is 0 Å². The SMILES string of the molecule is CCCCC(C)[S+](N)[O-]. The third-order valence-corrected chi connectivity index (χ3v) is 2.39. The molecule has 0 aliphatic carbocycles. The topological polar surface area (TPSA) is 49.1 Å². The van der Waals surface area contributed by atoms with Crippen molar-refractivity contribution in [1.82, 2.24) is 0 Å². The lowest BCUT2D eigenvalue weighted by Gasteiger charge is -2.10. The molecule has 2 atom stereocenters. The Labute approximate surface area is 60.1 Å². The summed E-state index contributed by atoms with van der Waals surface area (Å²) in [6.07, 6.45) is 3.27. The van der Waals surface area contributed by atoms with Gasteiger partial charge in [-0.25, -0.2) is 0 Å². The number of unbranched alkanes of at least 4 members (excludes halogenated alkanes) is 1. The van der Waals surface area contributed by atoms with Crippen molar-refractivity contribution >= 4 is 11.4 Å². The molecule has 0 bridgehead atoms. The summed E-state index contributed by atoms with van der Waals surface area (Å²) in [7, 11) is 0. The summed E-state index contributed by atoms with van der Waals surface area (Å²) < 4.78 is 10.5. The summed E-state index contributed by atoms with van der Waals surface area (Å²) in [6.45, 7) is 4.04. The maximum Gasteiger partial charge on any atom is 0.132 e. The largest absolute Gasteiger partial charge is 0.598 e. The molecule has 56 valence electrons. The Bertz CT molecular complexity index is 68.1. The fourth-order valence-corrected chi connectivity index (χ4v) is 1.01. The van der Waals surface area contributed by atoms with E-state index in [0.717, 1.165) is 19.3 Å². The smallest absolute Gasteiger partial charge is 0.132 e. The Morgan fingerprint density at radius 2 is 2.22 bits per heavy atom. The van der Waals surface area contributed by atoms with Crippen LogP contribution in [-0.2, 0) is 11.4 Å². The van der Waals surface area contributed by atoms with Gasteiger partial charge >= 0.3 is 0 Å². The molecular weight excluding hydrogens is 134 g/mol. The van der Waals surface area contributed by atoms with Gasteiger partial charge in [0, 0.05) is 11.4 Å². The Balaban J connectivity index is 3.16. The molecule has 0 aliphatic heterocycles. The van der Waals surface area contributed by atoms with E-state index in [0.29, 0.717) is 0 Å². The van der Waals surface area contributed by atoms with Crippen LogP contribution in [0.3, 0.4) is 0 Å². The summed E-state index contributed by atoms with van der Waals surface area (Å²) >= 11 is -1.11. The van der Waals surface area contributed by atoms with Crippen molar-refractivity contribution in [1.29, 1.82) is 0 Å². The van der Waals surface area contributed by atoms with E-state index >= 15 is 0 Å². The normalized spacial score (nSPS) is 17.3. The average Bonchev–Trinajstić information content (AvgIpc) is 1.82. The van der Waals surface area contributed by atoms with Crippen molar-refractivity contribution < 1.29 is 4.55 Å². The minimum Gasteiger partial charge on any atom is -0.598 e. The number of hydrogen-bond acceptors (Lipinski definition) is 2. The maximum atomic E-state index is 10.5. The molecular formula is C6H15NOS. The van der Waals surface area contributed by atoms with Crippen molar-refractivity contribution in [2.45, 2.75) is 38.4 Å². The molecule has 0 radical (unpaired) electrons. The summed E-state index contributed by atoms with van der Waals surface area (Å²) in [5.74, 6) is 0. The van der Waals surface area contributed by atoms with Gasteiger partial charge in [0.2, 0.25) is 0 Å². The van der Waals surface area contributed by atoms with Gasteiger partial charge in [-0.15, -0.1) is 0 Å². The molecule has 0 fully saturated rings. The van der Waals surface area contributed by atoms with Crippen molar-refractivity contribution in [3.8, 4) is 0 Å². The molecule has 0 aromatic rings. The van der Waals surface area contributed by atoms with Gasteiger partial charge in [-0.2, -0.15) is 5.14 Å². The average molecular weight is 149 g/mol. The van der Waals surface area contributed by atoms with Crippen LogP contribution >= 0.6 is 0 Å². The van der Waals surface area contributed by atoms with Crippen molar-refractivity contribution in [2.24, 2.45) is 5.14 Å². The van der Waals surface area contributed by atoms with Gasteiger partial charge in [0.05, 0.1) is 0 Å². The van der Waals surface area contributed by atoms with Gasteiger partial charge in [-0.3, -0.25) is 0 Å². The Morgan fingerprint density at radius 3 is 2.56 bits per heavy atom. The Hall–Kier alpha value is 0.270. The summed E-state index contributed by atoms with van der Waals surface area (Å²) in [5, 5.41) is 5.32. The predicted molar refractivity (Wildman–Crippen MR) is 41.3 cm³/mol. The highest BCUT2D eigenvalue weighted by atomic mass is 32.2. The number of rotatable bonds is 4. The minimum atomic E-state index is -1.11. The van der Waals surface area contributed by atoms with E-state index in [9.17, 15) is 4.55 Å². The summed E-state index contributed by atoms with van der Waals surface area (Å²) in [4.78, 5) is 0. The first kappa shape index (κ1) is 9.27. The van der Waals surface area contributed by atoms with Crippen LogP contribution in [0.5, 0.6) is 0 Å². The van der Waals surface area contributed by atoms with Crippen LogP contribution in [0.4, 0.5) is 0 Å². The van der Waals surface area contributed by atoms with Crippen LogP contribution in [-0.4, -0.2) is 9.80 Å². The van der Waals surface area contributed by atoms with Gasteiger partial charge in [0.15, 0.2) is 0 Å². The lowest BCUT2D eigenvalue weighted by Crippen LogP contribution is -2.25. The molecule has 0 aromatic carbocycles. The number of hydrogen-bond donors (Lipinski definition) is 1. The number of nitrogens with two attached hydrogens (primary N) is 1. The van der Waals surface area contributed by atoms with Crippen molar-refractivity contribution in [3.05, 3.63) is 0 Å². The molecule has 0 amide bonds. The molecule has 0 spiro atoms. The first-order valence-corrected chi connectivity index (χ1v) is 4.61. The van der Waals surface area contributed by atoms with E-state index < -0.39 is 11.4 Å². The quantitative estimate of drug-likeness (QED) is 0.610. The maximum absolute atomic E-state index is 10.5. The highest BCUT2D eigenvalue weighted by Crippen LogP contribution is 2.05. The molecule has 9 heavy (non-hydrogen) atoms. The van der Waals surface area contributed by atoms with Crippen LogP contribution < -0.4 is 5.14 Å². The monoisotopic (exact) mass is 149 g/mol. The second-order valence-electron chi connectivity index (χ2n) is 2.28. The van der Waals surface area contributed by atoms with Crippen molar-refractivity contribution in [3.63, 3.8) is 0 Å². The highest BCUT2D eigenvalue weighted by Gasteiger charge is 2.10. The van der Waals surface area contributed by atoms with E-state index in [1.54, 1.807) is 0 Å². The van der Waals surface area contributed by atoms with E-state index in [1.807, 2.05) is 6.92 Å². The molecule has 0 saturated heterocycles. The second kappa shape index (κ2) is 5.09. The van der Waals surface area contributed by atoms with Crippen LogP contribution in [0.15, 0.2) is 0 Å². The lowest BCUT2D eigenvalue weighted by molar-refractivity contribution is 0.572. The summed E-state index contributed by atoms with van der Waals surface area (Å²) in [5.41, 5.74) is 0. The molecule has 0 saturated carbocycles.